The zero-order chi connectivity index (χ0) is 14.8. The first-order valence-electron chi connectivity index (χ1n) is 8.87. The molecule has 4 aliphatic carbocycles. The van der Waals surface area contributed by atoms with Crippen LogP contribution in [0, 0.1) is 23.2 Å². The predicted octanol–water partition coefficient (Wildman–Crippen LogP) is 4.02. The van der Waals surface area contributed by atoms with Gasteiger partial charge in [-0.15, -0.1) is 0 Å². The Hall–Kier alpha value is -0.630. The standard InChI is InChI=1S/C19H28O2/c1-18-9-7-15-14-6-4-13(20)11-12(14)3-5-16(15)17(18)8-10-19(18,2)21/h15-17,21H,3-11H2,1-2H3/t15-,16-,17-,18+,19-/m0/s1. The van der Waals surface area contributed by atoms with Crippen molar-refractivity contribution in [3.05, 3.63) is 11.1 Å². The maximum Gasteiger partial charge on any atom is 0.137 e. The minimum atomic E-state index is -0.472. The molecule has 4 aliphatic rings. The normalized spacial score (nSPS) is 49.7. The summed E-state index contributed by atoms with van der Waals surface area (Å²) in [6.45, 7) is 4.41. The number of rotatable bonds is 0. The van der Waals surface area contributed by atoms with Gasteiger partial charge < -0.3 is 5.11 Å². The number of carbonyl (C=O) groups is 1. The zero-order valence-electron chi connectivity index (χ0n) is 13.5. The highest BCUT2D eigenvalue weighted by molar-refractivity contribution is 5.82. The van der Waals surface area contributed by atoms with Gasteiger partial charge in [0.05, 0.1) is 5.60 Å². The van der Waals surface area contributed by atoms with Crippen LogP contribution >= 0.6 is 0 Å². The van der Waals surface area contributed by atoms with Crippen LogP contribution in [0.3, 0.4) is 0 Å². The summed E-state index contributed by atoms with van der Waals surface area (Å²) in [6, 6.07) is 0. The number of ketones is 1. The number of hydrogen-bond acceptors (Lipinski definition) is 2. The number of Topliss-reactive ketones (excluding diaryl/α,β-unsaturated/α-hetero) is 1. The summed E-state index contributed by atoms with van der Waals surface area (Å²) in [5, 5.41) is 10.8. The van der Waals surface area contributed by atoms with E-state index in [1.807, 2.05) is 0 Å². The molecule has 2 fully saturated rings. The third kappa shape index (κ3) is 1.84. The Labute approximate surface area is 128 Å². The predicted molar refractivity (Wildman–Crippen MR) is 82.8 cm³/mol. The molecule has 21 heavy (non-hydrogen) atoms. The first kappa shape index (κ1) is 14.0. The third-order valence-electron chi connectivity index (χ3n) is 7.76. The van der Waals surface area contributed by atoms with Gasteiger partial charge in [0.15, 0.2) is 0 Å². The van der Waals surface area contributed by atoms with Crippen molar-refractivity contribution < 1.29 is 9.90 Å². The molecule has 0 aromatic heterocycles. The summed E-state index contributed by atoms with van der Waals surface area (Å²) >= 11 is 0. The first-order chi connectivity index (χ1) is 9.92. The molecule has 2 nitrogen and oxygen atoms in total. The molecule has 0 spiro atoms. The molecule has 5 atom stereocenters. The Balaban J connectivity index is 1.66. The molecule has 0 amide bonds. The van der Waals surface area contributed by atoms with Crippen molar-refractivity contribution in [1.29, 1.82) is 0 Å². The lowest BCUT2D eigenvalue weighted by Gasteiger charge is -2.53. The Morgan fingerprint density at radius 1 is 1.05 bits per heavy atom. The summed E-state index contributed by atoms with van der Waals surface area (Å²) in [4.78, 5) is 11.7. The molecule has 0 aliphatic heterocycles. The SMILES string of the molecule is C[C@]1(O)CC[C@H]2[C@H]3CCC4=C(CCC(=O)C4)[C@@H]3CC[C@]21C. The lowest BCUT2D eigenvalue weighted by molar-refractivity contribution is -0.119. The maximum atomic E-state index is 11.7. The van der Waals surface area contributed by atoms with Gasteiger partial charge in [0.25, 0.3) is 0 Å². The van der Waals surface area contributed by atoms with Gasteiger partial charge in [0, 0.05) is 12.8 Å². The average molecular weight is 288 g/mol. The van der Waals surface area contributed by atoms with Crippen molar-refractivity contribution in [2.45, 2.75) is 77.2 Å². The Bertz CT molecular complexity index is 516. The monoisotopic (exact) mass is 288 g/mol. The number of carbonyl (C=O) groups excluding carboxylic acids is 1. The first-order valence-corrected chi connectivity index (χ1v) is 8.87. The van der Waals surface area contributed by atoms with E-state index in [9.17, 15) is 9.90 Å². The van der Waals surface area contributed by atoms with Gasteiger partial charge in [0.2, 0.25) is 0 Å². The second-order valence-corrected chi connectivity index (χ2v) is 8.53. The van der Waals surface area contributed by atoms with Crippen molar-refractivity contribution in [3.8, 4) is 0 Å². The summed E-state index contributed by atoms with van der Waals surface area (Å²) in [7, 11) is 0. The Morgan fingerprint density at radius 2 is 1.86 bits per heavy atom. The average Bonchev–Trinajstić information content (AvgIpc) is 2.69. The van der Waals surface area contributed by atoms with Gasteiger partial charge in [-0.2, -0.15) is 0 Å². The van der Waals surface area contributed by atoms with Crippen molar-refractivity contribution in [1.82, 2.24) is 0 Å². The summed E-state index contributed by atoms with van der Waals surface area (Å²) < 4.78 is 0. The van der Waals surface area contributed by atoms with E-state index in [1.165, 1.54) is 24.8 Å². The molecule has 0 heterocycles. The van der Waals surface area contributed by atoms with Crippen LogP contribution in [0.15, 0.2) is 11.1 Å². The van der Waals surface area contributed by atoms with E-state index in [0.717, 1.165) is 50.4 Å². The smallest absolute Gasteiger partial charge is 0.137 e. The maximum absolute atomic E-state index is 11.7. The van der Waals surface area contributed by atoms with Crippen LogP contribution in [-0.4, -0.2) is 16.5 Å². The van der Waals surface area contributed by atoms with Crippen LogP contribution in [-0.2, 0) is 4.79 Å². The Kier molecular flexibility index (Phi) is 2.96. The molecule has 0 unspecified atom stereocenters. The van der Waals surface area contributed by atoms with Crippen LogP contribution in [0.5, 0.6) is 0 Å². The van der Waals surface area contributed by atoms with E-state index in [0.29, 0.717) is 11.7 Å². The molecule has 0 bridgehead atoms. The van der Waals surface area contributed by atoms with Crippen LogP contribution in [0.4, 0.5) is 0 Å². The molecule has 2 heteroatoms. The minimum absolute atomic E-state index is 0.122. The van der Waals surface area contributed by atoms with E-state index >= 15 is 0 Å². The minimum Gasteiger partial charge on any atom is -0.390 e. The number of aliphatic hydroxyl groups is 1. The number of allylic oxidation sites excluding steroid dienone is 2. The van der Waals surface area contributed by atoms with Gasteiger partial charge in [0.1, 0.15) is 5.78 Å². The van der Waals surface area contributed by atoms with E-state index in [2.05, 4.69) is 13.8 Å². The lowest BCUT2D eigenvalue weighted by Crippen LogP contribution is -2.50. The van der Waals surface area contributed by atoms with Crippen molar-refractivity contribution in [2.75, 3.05) is 0 Å². The molecular weight excluding hydrogens is 260 g/mol. The van der Waals surface area contributed by atoms with E-state index < -0.39 is 5.60 Å². The van der Waals surface area contributed by atoms with E-state index in [1.54, 1.807) is 5.57 Å². The third-order valence-corrected chi connectivity index (χ3v) is 7.76. The largest absolute Gasteiger partial charge is 0.390 e. The molecule has 0 aromatic rings. The van der Waals surface area contributed by atoms with Crippen molar-refractivity contribution in [3.63, 3.8) is 0 Å². The van der Waals surface area contributed by atoms with Gasteiger partial charge in [-0.3, -0.25) is 4.79 Å². The van der Waals surface area contributed by atoms with Gasteiger partial charge in [-0.05, 0) is 75.0 Å². The van der Waals surface area contributed by atoms with Crippen LogP contribution in [0.2, 0.25) is 0 Å². The molecule has 116 valence electrons. The fourth-order valence-electron chi connectivity index (χ4n) is 6.29. The molecule has 2 saturated carbocycles. The molecule has 0 radical (unpaired) electrons. The molecule has 4 rings (SSSR count). The molecule has 1 N–H and O–H groups in total. The highest BCUT2D eigenvalue weighted by atomic mass is 16.3. The van der Waals surface area contributed by atoms with Gasteiger partial charge in [-0.25, -0.2) is 0 Å². The lowest BCUT2D eigenvalue weighted by atomic mass is 9.52. The Morgan fingerprint density at radius 3 is 2.67 bits per heavy atom. The van der Waals surface area contributed by atoms with Crippen LogP contribution in [0.1, 0.15) is 71.6 Å². The second-order valence-electron chi connectivity index (χ2n) is 8.53. The highest BCUT2D eigenvalue weighted by Crippen LogP contribution is 2.64. The fraction of sp³-hybridized carbons (Fsp3) is 0.842. The highest BCUT2D eigenvalue weighted by Gasteiger charge is 2.59. The van der Waals surface area contributed by atoms with E-state index in [4.69, 9.17) is 0 Å². The number of hydrogen-bond donors (Lipinski definition) is 1. The van der Waals surface area contributed by atoms with Crippen molar-refractivity contribution in [2.24, 2.45) is 23.2 Å². The summed E-state index contributed by atoms with van der Waals surface area (Å²) in [6.07, 6.45) is 9.55. The zero-order valence-corrected chi connectivity index (χ0v) is 13.5. The number of fused-ring (bicyclic) bond motifs is 4. The van der Waals surface area contributed by atoms with Crippen molar-refractivity contribution >= 4 is 5.78 Å². The van der Waals surface area contributed by atoms with Crippen LogP contribution in [0.25, 0.3) is 0 Å². The van der Waals surface area contributed by atoms with Gasteiger partial charge in [-0.1, -0.05) is 18.1 Å². The van der Waals surface area contributed by atoms with E-state index in [-0.39, 0.29) is 5.41 Å². The van der Waals surface area contributed by atoms with Gasteiger partial charge >= 0.3 is 0 Å². The quantitative estimate of drug-likeness (QED) is 0.683. The fourth-order valence-corrected chi connectivity index (χ4v) is 6.29. The van der Waals surface area contributed by atoms with Crippen LogP contribution < -0.4 is 0 Å². The second kappa shape index (κ2) is 4.44. The summed E-state index contributed by atoms with van der Waals surface area (Å²) in [5.41, 5.74) is 2.82. The molecule has 0 aromatic carbocycles. The topological polar surface area (TPSA) is 37.3 Å². The molecular formula is C19H28O2. The molecule has 0 saturated heterocycles. The summed E-state index contributed by atoms with van der Waals surface area (Å²) in [5.74, 6) is 2.65.